The average molecular weight is 284 g/mol. The smallest absolute Gasteiger partial charge is 0.262 e. The summed E-state index contributed by atoms with van der Waals surface area (Å²) in [6.45, 7) is 3.26. The first-order valence-electron chi connectivity index (χ1n) is 6.51. The fraction of sp³-hybridized carbons (Fsp3) is 0.583. The lowest BCUT2D eigenvalue weighted by molar-refractivity contribution is 0.268. The van der Waals surface area contributed by atoms with Gasteiger partial charge in [0, 0.05) is 19.3 Å². The number of sulfonamides is 1. The number of hydrogen-bond donors (Lipinski definition) is 2. The predicted molar refractivity (Wildman–Crippen MR) is 73.8 cm³/mol. The van der Waals surface area contributed by atoms with Crippen molar-refractivity contribution in [1.82, 2.24) is 9.29 Å². The fourth-order valence-corrected chi connectivity index (χ4v) is 3.92. The van der Waals surface area contributed by atoms with Crippen LogP contribution in [0.15, 0.2) is 23.4 Å². The minimum atomic E-state index is -3.56. The number of piperidine rings is 1. The van der Waals surface area contributed by atoms with Crippen LogP contribution in [0.1, 0.15) is 26.2 Å². The topological polar surface area (TPSA) is 88.3 Å². The SMILES string of the molecule is CCC1CCN(S(=O)(=O)c2ncccc2NN)CC1. The molecule has 106 valence electrons. The van der Waals surface area contributed by atoms with Crippen LogP contribution < -0.4 is 11.3 Å². The number of rotatable bonds is 4. The minimum Gasteiger partial charge on any atom is -0.321 e. The van der Waals surface area contributed by atoms with Crippen molar-refractivity contribution in [2.45, 2.75) is 31.2 Å². The molecule has 0 radical (unpaired) electrons. The molecule has 1 aliphatic heterocycles. The van der Waals surface area contributed by atoms with Crippen LogP contribution in [-0.2, 0) is 10.0 Å². The van der Waals surface area contributed by atoms with Crippen molar-refractivity contribution in [2.75, 3.05) is 18.5 Å². The highest BCUT2D eigenvalue weighted by molar-refractivity contribution is 7.89. The van der Waals surface area contributed by atoms with Gasteiger partial charge in [0.25, 0.3) is 10.0 Å². The van der Waals surface area contributed by atoms with Gasteiger partial charge in [0.2, 0.25) is 0 Å². The van der Waals surface area contributed by atoms with Crippen LogP contribution in [0, 0.1) is 5.92 Å². The highest BCUT2D eigenvalue weighted by Crippen LogP contribution is 2.27. The average Bonchev–Trinajstić information content (AvgIpc) is 2.47. The normalized spacial score (nSPS) is 18.4. The second-order valence-corrected chi connectivity index (χ2v) is 6.61. The molecule has 0 bridgehead atoms. The number of nitrogens with one attached hydrogen (secondary N) is 1. The van der Waals surface area contributed by atoms with Gasteiger partial charge >= 0.3 is 0 Å². The number of aromatic nitrogens is 1. The molecule has 1 fully saturated rings. The third-order valence-corrected chi connectivity index (χ3v) is 5.52. The van der Waals surface area contributed by atoms with Gasteiger partial charge in [-0.2, -0.15) is 4.31 Å². The first-order valence-corrected chi connectivity index (χ1v) is 7.95. The lowest BCUT2D eigenvalue weighted by Gasteiger charge is -2.30. The molecule has 2 rings (SSSR count). The van der Waals surface area contributed by atoms with Gasteiger partial charge in [-0.1, -0.05) is 13.3 Å². The van der Waals surface area contributed by atoms with E-state index in [-0.39, 0.29) is 5.03 Å². The van der Waals surface area contributed by atoms with Crippen LogP contribution in [0.3, 0.4) is 0 Å². The molecular formula is C12H20N4O2S. The second-order valence-electron chi connectivity index (χ2n) is 4.76. The number of nitrogens with two attached hydrogens (primary N) is 1. The van der Waals surface area contributed by atoms with Crippen molar-refractivity contribution in [3.8, 4) is 0 Å². The summed E-state index contributed by atoms with van der Waals surface area (Å²) >= 11 is 0. The van der Waals surface area contributed by atoms with E-state index in [0.29, 0.717) is 24.7 Å². The third kappa shape index (κ3) is 2.88. The summed E-state index contributed by atoms with van der Waals surface area (Å²) in [6.07, 6.45) is 4.39. The van der Waals surface area contributed by atoms with Crippen LogP contribution in [0.25, 0.3) is 0 Å². The van der Waals surface area contributed by atoms with Crippen molar-refractivity contribution in [1.29, 1.82) is 0 Å². The lowest BCUT2D eigenvalue weighted by Crippen LogP contribution is -2.39. The number of hydrazine groups is 1. The minimum absolute atomic E-state index is 0.00690. The molecule has 1 aliphatic rings. The van der Waals surface area contributed by atoms with E-state index in [1.807, 2.05) is 0 Å². The van der Waals surface area contributed by atoms with E-state index in [1.54, 1.807) is 12.1 Å². The van der Waals surface area contributed by atoms with E-state index in [0.717, 1.165) is 19.3 Å². The maximum Gasteiger partial charge on any atom is 0.262 e. The van der Waals surface area contributed by atoms with Gasteiger partial charge in [0.15, 0.2) is 5.03 Å². The molecule has 7 heteroatoms. The van der Waals surface area contributed by atoms with E-state index < -0.39 is 10.0 Å². The van der Waals surface area contributed by atoms with Gasteiger partial charge in [-0.05, 0) is 30.9 Å². The van der Waals surface area contributed by atoms with Crippen LogP contribution in [0.5, 0.6) is 0 Å². The predicted octanol–water partition coefficient (Wildman–Crippen LogP) is 1.18. The summed E-state index contributed by atoms with van der Waals surface area (Å²) in [5.74, 6) is 5.97. The maximum absolute atomic E-state index is 12.5. The summed E-state index contributed by atoms with van der Waals surface area (Å²) in [4.78, 5) is 3.96. The molecule has 3 N–H and O–H groups in total. The van der Waals surface area contributed by atoms with Crippen LogP contribution in [0.2, 0.25) is 0 Å². The highest BCUT2D eigenvalue weighted by Gasteiger charge is 2.31. The van der Waals surface area contributed by atoms with E-state index >= 15 is 0 Å². The number of nitrogen functional groups attached to an aromatic ring is 1. The Hall–Kier alpha value is -1.18. The van der Waals surface area contributed by atoms with Crippen LogP contribution in [0.4, 0.5) is 5.69 Å². The molecule has 0 atom stereocenters. The second kappa shape index (κ2) is 5.85. The fourth-order valence-electron chi connectivity index (χ4n) is 2.39. The van der Waals surface area contributed by atoms with Crippen LogP contribution in [-0.4, -0.2) is 30.8 Å². The zero-order valence-corrected chi connectivity index (χ0v) is 11.9. The Morgan fingerprint density at radius 3 is 2.74 bits per heavy atom. The lowest BCUT2D eigenvalue weighted by atomic mass is 9.96. The Bertz CT molecular complexity index is 524. The summed E-state index contributed by atoms with van der Waals surface area (Å²) in [5, 5.41) is 0.00690. The quantitative estimate of drug-likeness (QED) is 0.640. The van der Waals surface area contributed by atoms with E-state index in [4.69, 9.17) is 5.84 Å². The highest BCUT2D eigenvalue weighted by atomic mass is 32.2. The molecule has 0 saturated carbocycles. The van der Waals surface area contributed by atoms with Gasteiger partial charge in [-0.3, -0.25) is 5.84 Å². The number of anilines is 1. The Morgan fingerprint density at radius 2 is 2.16 bits per heavy atom. The molecule has 1 aromatic rings. The molecule has 19 heavy (non-hydrogen) atoms. The zero-order valence-electron chi connectivity index (χ0n) is 11.0. The van der Waals surface area contributed by atoms with E-state index in [2.05, 4.69) is 17.3 Å². The standard InChI is InChI=1S/C12H20N4O2S/c1-2-10-5-8-16(9-6-10)19(17,18)12-11(15-13)4-3-7-14-12/h3-4,7,10,15H,2,5-6,8-9,13H2,1H3. The molecule has 6 nitrogen and oxygen atoms in total. The molecule has 1 saturated heterocycles. The summed E-state index contributed by atoms with van der Waals surface area (Å²) in [6, 6.07) is 3.26. The molecule has 0 aromatic carbocycles. The monoisotopic (exact) mass is 284 g/mol. The largest absolute Gasteiger partial charge is 0.321 e. The van der Waals surface area contributed by atoms with Gasteiger partial charge in [0.1, 0.15) is 0 Å². The molecule has 0 amide bonds. The first kappa shape index (κ1) is 14.2. The van der Waals surface area contributed by atoms with Crippen molar-refractivity contribution in [2.24, 2.45) is 11.8 Å². The summed E-state index contributed by atoms with van der Waals surface area (Å²) in [7, 11) is -3.56. The number of pyridine rings is 1. The number of hydrogen-bond acceptors (Lipinski definition) is 5. The van der Waals surface area contributed by atoms with Crippen molar-refractivity contribution >= 4 is 15.7 Å². The van der Waals surface area contributed by atoms with E-state index in [1.165, 1.54) is 10.5 Å². The zero-order chi connectivity index (χ0) is 13.9. The van der Waals surface area contributed by atoms with Gasteiger partial charge in [-0.25, -0.2) is 13.4 Å². The van der Waals surface area contributed by atoms with Crippen molar-refractivity contribution in [3.05, 3.63) is 18.3 Å². The van der Waals surface area contributed by atoms with Gasteiger partial charge in [0.05, 0.1) is 5.69 Å². The summed E-state index contributed by atoms with van der Waals surface area (Å²) < 4.78 is 26.6. The Balaban J connectivity index is 2.23. The van der Waals surface area contributed by atoms with Gasteiger partial charge in [-0.15, -0.1) is 0 Å². The molecule has 0 unspecified atom stereocenters. The van der Waals surface area contributed by atoms with Gasteiger partial charge < -0.3 is 5.43 Å². The van der Waals surface area contributed by atoms with Crippen molar-refractivity contribution in [3.63, 3.8) is 0 Å². The maximum atomic E-state index is 12.5. The van der Waals surface area contributed by atoms with Crippen molar-refractivity contribution < 1.29 is 8.42 Å². The Labute approximate surface area is 114 Å². The third-order valence-electron chi connectivity index (χ3n) is 3.66. The molecule has 1 aromatic heterocycles. The van der Waals surface area contributed by atoms with Crippen LogP contribution >= 0.6 is 0 Å². The Morgan fingerprint density at radius 1 is 1.47 bits per heavy atom. The Kier molecular flexibility index (Phi) is 4.38. The number of nitrogens with zero attached hydrogens (tertiary/aromatic N) is 2. The molecule has 2 heterocycles. The first-order chi connectivity index (χ1) is 9.09. The summed E-state index contributed by atoms with van der Waals surface area (Å²) in [5.41, 5.74) is 2.73. The molecular weight excluding hydrogens is 264 g/mol. The molecule has 0 aliphatic carbocycles. The molecule has 0 spiro atoms. The van der Waals surface area contributed by atoms with E-state index in [9.17, 15) is 8.42 Å².